The lowest BCUT2D eigenvalue weighted by molar-refractivity contribution is 0.282. The molecule has 19 heavy (non-hydrogen) atoms. The highest BCUT2D eigenvalue weighted by atomic mass is 35.5. The lowest BCUT2D eigenvalue weighted by Crippen LogP contribution is -2.23. The first kappa shape index (κ1) is 12.5. The van der Waals surface area contributed by atoms with E-state index in [1.165, 1.54) is 11.3 Å². The molecule has 3 heteroatoms. The molecule has 1 aliphatic heterocycles. The second-order valence-electron chi connectivity index (χ2n) is 4.99. The van der Waals surface area contributed by atoms with Crippen LogP contribution in [0.3, 0.4) is 0 Å². The molecule has 1 unspecified atom stereocenters. The molecule has 0 spiro atoms. The summed E-state index contributed by atoms with van der Waals surface area (Å²) >= 11 is 6.20. The standard InChI is InChI=1S/C16H16ClNO/c1-11-8-12-4-2-3-5-16(12)18(11)14-7-6-13(10-19)15(17)9-14/h2-7,9,11,19H,8,10H2,1H3. The van der Waals surface area contributed by atoms with E-state index in [1.807, 2.05) is 18.2 Å². The summed E-state index contributed by atoms with van der Waals surface area (Å²) in [5, 5.41) is 9.81. The molecule has 2 aromatic rings. The third kappa shape index (κ3) is 2.11. The third-order valence-electron chi connectivity index (χ3n) is 3.69. The van der Waals surface area contributed by atoms with Gasteiger partial charge in [0, 0.05) is 22.4 Å². The minimum Gasteiger partial charge on any atom is -0.392 e. The zero-order valence-corrected chi connectivity index (χ0v) is 11.6. The molecule has 0 fully saturated rings. The molecule has 0 aliphatic carbocycles. The minimum absolute atomic E-state index is 0.0226. The number of fused-ring (bicyclic) bond motifs is 1. The van der Waals surface area contributed by atoms with Crippen LogP contribution >= 0.6 is 11.6 Å². The largest absolute Gasteiger partial charge is 0.392 e. The van der Waals surface area contributed by atoms with Gasteiger partial charge in [-0.25, -0.2) is 0 Å². The van der Waals surface area contributed by atoms with E-state index in [2.05, 4.69) is 36.1 Å². The molecule has 0 bridgehead atoms. The minimum atomic E-state index is -0.0226. The van der Waals surface area contributed by atoms with Crippen LogP contribution in [0.1, 0.15) is 18.1 Å². The Labute approximate surface area is 118 Å². The molecule has 3 rings (SSSR count). The molecule has 1 N–H and O–H groups in total. The first-order valence-electron chi connectivity index (χ1n) is 6.47. The molecule has 0 aromatic heterocycles. The highest BCUT2D eigenvalue weighted by Gasteiger charge is 2.26. The number of anilines is 2. The second kappa shape index (κ2) is 4.87. The summed E-state index contributed by atoms with van der Waals surface area (Å²) < 4.78 is 0. The van der Waals surface area contributed by atoms with Gasteiger partial charge in [0.15, 0.2) is 0 Å². The summed E-state index contributed by atoms with van der Waals surface area (Å²) in [7, 11) is 0. The number of halogens is 1. The van der Waals surface area contributed by atoms with E-state index in [0.717, 1.165) is 17.7 Å². The normalized spacial score (nSPS) is 17.6. The quantitative estimate of drug-likeness (QED) is 0.897. The Morgan fingerprint density at radius 1 is 1.26 bits per heavy atom. The molecule has 1 aliphatic rings. The number of aliphatic hydroxyl groups is 1. The molecular formula is C16H16ClNO. The molecule has 0 amide bonds. The van der Waals surface area contributed by atoms with Gasteiger partial charge in [-0.3, -0.25) is 0 Å². The fourth-order valence-electron chi connectivity index (χ4n) is 2.77. The average molecular weight is 274 g/mol. The Hall–Kier alpha value is -1.51. The van der Waals surface area contributed by atoms with Gasteiger partial charge >= 0.3 is 0 Å². The van der Waals surface area contributed by atoms with E-state index in [4.69, 9.17) is 11.6 Å². The van der Waals surface area contributed by atoms with Crippen LogP contribution in [0.2, 0.25) is 5.02 Å². The zero-order valence-electron chi connectivity index (χ0n) is 10.8. The van der Waals surface area contributed by atoms with Gasteiger partial charge in [-0.1, -0.05) is 35.9 Å². The Kier molecular flexibility index (Phi) is 3.21. The van der Waals surface area contributed by atoms with Crippen molar-refractivity contribution in [2.75, 3.05) is 4.90 Å². The lowest BCUT2D eigenvalue weighted by Gasteiger charge is -2.25. The smallest absolute Gasteiger partial charge is 0.0696 e. The van der Waals surface area contributed by atoms with Crippen molar-refractivity contribution in [2.45, 2.75) is 26.0 Å². The number of para-hydroxylation sites is 1. The fraction of sp³-hybridized carbons (Fsp3) is 0.250. The van der Waals surface area contributed by atoms with Gasteiger partial charge in [-0.15, -0.1) is 0 Å². The van der Waals surface area contributed by atoms with Crippen molar-refractivity contribution in [1.82, 2.24) is 0 Å². The maximum absolute atomic E-state index is 9.19. The summed E-state index contributed by atoms with van der Waals surface area (Å²) in [4.78, 5) is 2.31. The van der Waals surface area contributed by atoms with Gasteiger partial charge in [0.2, 0.25) is 0 Å². The topological polar surface area (TPSA) is 23.5 Å². The van der Waals surface area contributed by atoms with Crippen molar-refractivity contribution >= 4 is 23.0 Å². The van der Waals surface area contributed by atoms with Gasteiger partial charge < -0.3 is 10.0 Å². The van der Waals surface area contributed by atoms with Crippen LogP contribution < -0.4 is 4.90 Å². The van der Waals surface area contributed by atoms with Crippen molar-refractivity contribution in [3.8, 4) is 0 Å². The van der Waals surface area contributed by atoms with E-state index in [-0.39, 0.29) is 6.61 Å². The van der Waals surface area contributed by atoms with E-state index < -0.39 is 0 Å². The number of aliphatic hydroxyl groups excluding tert-OH is 1. The zero-order chi connectivity index (χ0) is 13.4. The average Bonchev–Trinajstić information content (AvgIpc) is 2.74. The van der Waals surface area contributed by atoms with E-state index in [0.29, 0.717) is 11.1 Å². The lowest BCUT2D eigenvalue weighted by atomic mass is 10.1. The summed E-state index contributed by atoms with van der Waals surface area (Å²) in [6.45, 7) is 2.19. The summed E-state index contributed by atoms with van der Waals surface area (Å²) in [5.74, 6) is 0. The number of hydrogen-bond acceptors (Lipinski definition) is 2. The van der Waals surface area contributed by atoms with Crippen molar-refractivity contribution < 1.29 is 5.11 Å². The molecule has 98 valence electrons. The first-order valence-corrected chi connectivity index (χ1v) is 6.85. The third-order valence-corrected chi connectivity index (χ3v) is 4.04. The highest BCUT2D eigenvalue weighted by molar-refractivity contribution is 6.31. The number of hydrogen-bond donors (Lipinski definition) is 1. The van der Waals surface area contributed by atoms with Gasteiger partial charge in [0.05, 0.1) is 6.61 Å². The molecule has 0 radical (unpaired) electrons. The van der Waals surface area contributed by atoms with Crippen molar-refractivity contribution in [2.24, 2.45) is 0 Å². The van der Waals surface area contributed by atoms with Crippen LogP contribution in [0.25, 0.3) is 0 Å². The van der Waals surface area contributed by atoms with Crippen LogP contribution in [0, 0.1) is 0 Å². The maximum atomic E-state index is 9.19. The van der Waals surface area contributed by atoms with Gasteiger partial charge in [0.1, 0.15) is 0 Å². The van der Waals surface area contributed by atoms with E-state index in [1.54, 1.807) is 0 Å². The highest BCUT2D eigenvalue weighted by Crippen LogP contribution is 2.39. The second-order valence-corrected chi connectivity index (χ2v) is 5.39. The van der Waals surface area contributed by atoms with Gasteiger partial charge in [-0.2, -0.15) is 0 Å². The maximum Gasteiger partial charge on any atom is 0.0696 e. The number of rotatable bonds is 2. The van der Waals surface area contributed by atoms with Gasteiger partial charge in [0.25, 0.3) is 0 Å². The summed E-state index contributed by atoms with van der Waals surface area (Å²) in [6, 6.07) is 14.7. The monoisotopic (exact) mass is 273 g/mol. The fourth-order valence-corrected chi connectivity index (χ4v) is 3.01. The Balaban J connectivity index is 2.05. The Morgan fingerprint density at radius 2 is 2.05 bits per heavy atom. The van der Waals surface area contributed by atoms with E-state index in [9.17, 15) is 5.11 Å². The van der Waals surface area contributed by atoms with Crippen LogP contribution in [-0.4, -0.2) is 11.1 Å². The first-order chi connectivity index (χ1) is 9.20. The molecule has 2 nitrogen and oxygen atoms in total. The van der Waals surface area contributed by atoms with Crippen LogP contribution in [-0.2, 0) is 13.0 Å². The molecule has 0 saturated carbocycles. The van der Waals surface area contributed by atoms with Crippen LogP contribution in [0.5, 0.6) is 0 Å². The SMILES string of the molecule is CC1Cc2ccccc2N1c1ccc(CO)c(Cl)c1. The molecular weight excluding hydrogens is 258 g/mol. The van der Waals surface area contributed by atoms with Crippen LogP contribution in [0.15, 0.2) is 42.5 Å². The summed E-state index contributed by atoms with van der Waals surface area (Å²) in [5.41, 5.74) is 4.48. The predicted molar refractivity (Wildman–Crippen MR) is 79.1 cm³/mol. The summed E-state index contributed by atoms with van der Waals surface area (Å²) in [6.07, 6.45) is 1.05. The van der Waals surface area contributed by atoms with Crippen molar-refractivity contribution in [3.63, 3.8) is 0 Å². The van der Waals surface area contributed by atoms with Crippen molar-refractivity contribution in [3.05, 3.63) is 58.6 Å². The Morgan fingerprint density at radius 3 is 2.79 bits per heavy atom. The predicted octanol–water partition coefficient (Wildman–Crippen LogP) is 3.92. The number of benzene rings is 2. The van der Waals surface area contributed by atoms with Crippen LogP contribution in [0.4, 0.5) is 11.4 Å². The van der Waals surface area contributed by atoms with Gasteiger partial charge in [-0.05, 0) is 42.7 Å². The number of nitrogens with zero attached hydrogens (tertiary/aromatic N) is 1. The molecule has 1 heterocycles. The molecule has 1 atom stereocenters. The molecule has 2 aromatic carbocycles. The Bertz CT molecular complexity index is 611. The molecule has 0 saturated heterocycles. The van der Waals surface area contributed by atoms with Crippen molar-refractivity contribution in [1.29, 1.82) is 0 Å². The van der Waals surface area contributed by atoms with E-state index >= 15 is 0 Å².